The van der Waals surface area contributed by atoms with E-state index in [-0.39, 0.29) is 17.6 Å². The van der Waals surface area contributed by atoms with Crippen molar-refractivity contribution in [2.75, 3.05) is 13.1 Å². The molecule has 0 amide bonds. The Morgan fingerprint density at radius 2 is 1.52 bits per heavy atom. The Balaban J connectivity index is 0.000000199. The van der Waals surface area contributed by atoms with Crippen LogP contribution in [0.1, 0.15) is 36.0 Å². The monoisotopic (exact) mass is 374 g/mol. The molecule has 1 heterocycles. The Morgan fingerprint density at radius 1 is 0.926 bits per heavy atom. The minimum atomic E-state index is -0.347. The predicted molar refractivity (Wildman–Crippen MR) is 107 cm³/mol. The molecule has 0 saturated carbocycles. The number of benzene rings is 2. The van der Waals surface area contributed by atoms with Crippen LogP contribution >= 0.6 is 0 Å². The molecule has 0 atom stereocenters. The van der Waals surface area contributed by atoms with Crippen LogP contribution in [0.2, 0.25) is 0 Å². The molecule has 6 heteroatoms. The normalized spacial score (nSPS) is 14.2. The highest BCUT2D eigenvalue weighted by atomic mass is 19.1. The van der Waals surface area contributed by atoms with Crippen LogP contribution in [0.4, 0.5) is 14.5 Å². The number of nitrogens with zero attached hydrogens (tertiary/aromatic N) is 2. The minimum absolute atomic E-state index is 0.0660. The fourth-order valence-electron chi connectivity index (χ4n) is 3.01. The van der Waals surface area contributed by atoms with Gasteiger partial charge in [0, 0.05) is 6.54 Å². The summed E-state index contributed by atoms with van der Waals surface area (Å²) in [4.78, 5) is 6.17. The van der Waals surface area contributed by atoms with E-state index in [1.54, 1.807) is 19.1 Å². The summed E-state index contributed by atoms with van der Waals surface area (Å²) < 4.78 is 25.7. The van der Waals surface area contributed by atoms with Gasteiger partial charge in [-0.05, 0) is 80.7 Å². The van der Waals surface area contributed by atoms with Gasteiger partial charge in [-0.1, -0.05) is 18.6 Å². The van der Waals surface area contributed by atoms with Crippen molar-refractivity contribution in [3.8, 4) is 0 Å². The SMILES string of the molecule is Cc1ccc(F)cc1CN1CCCCC1.Cc1ccc(F)cc1N=C(N)N. The predicted octanol–water partition coefficient (Wildman–Crippen LogP) is 4.16. The Hall–Kier alpha value is -2.47. The van der Waals surface area contributed by atoms with Gasteiger partial charge in [0.25, 0.3) is 0 Å². The standard InChI is InChI=1S/C13H18FN.C8H10FN3/c1-11-5-6-13(14)9-12(11)10-15-7-3-2-4-8-15;1-5-2-3-6(9)4-7(5)12-8(10)11/h5-6,9H,2-4,7-8,10H2,1H3;2-4H,1H3,(H4,10,11,12). The van der Waals surface area contributed by atoms with E-state index in [2.05, 4.69) is 16.8 Å². The van der Waals surface area contributed by atoms with Crippen molar-refractivity contribution in [1.29, 1.82) is 0 Å². The van der Waals surface area contributed by atoms with Crippen LogP contribution in [0.3, 0.4) is 0 Å². The third-order valence-corrected chi connectivity index (χ3v) is 4.57. The number of hydrogen-bond donors (Lipinski definition) is 2. The van der Waals surface area contributed by atoms with E-state index in [0.29, 0.717) is 5.69 Å². The van der Waals surface area contributed by atoms with Crippen molar-refractivity contribution in [3.63, 3.8) is 0 Å². The summed E-state index contributed by atoms with van der Waals surface area (Å²) in [5, 5.41) is 0. The number of halogens is 2. The number of aryl methyl sites for hydroxylation is 2. The molecule has 2 aromatic carbocycles. The zero-order valence-corrected chi connectivity index (χ0v) is 16.0. The smallest absolute Gasteiger partial charge is 0.191 e. The second kappa shape index (κ2) is 10.0. The van der Waals surface area contributed by atoms with Crippen molar-refractivity contribution in [1.82, 2.24) is 4.90 Å². The lowest BCUT2D eigenvalue weighted by Crippen LogP contribution is -2.29. The molecule has 0 radical (unpaired) electrons. The fourth-order valence-corrected chi connectivity index (χ4v) is 3.01. The van der Waals surface area contributed by atoms with Gasteiger partial charge in [0.15, 0.2) is 5.96 Å². The maximum absolute atomic E-state index is 13.1. The van der Waals surface area contributed by atoms with E-state index >= 15 is 0 Å². The molecule has 1 aliphatic heterocycles. The van der Waals surface area contributed by atoms with Crippen molar-refractivity contribution in [3.05, 3.63) is 64.7 Å². The molecule has 3 rings (SSSR count). The molecular formula is C21H28F2N4. The second-order valence-corrected chi connectivity index (χ2v) is 6.88. The molecule has 2 aromatic rings. The van der Waals surface area contributed by atoms with Crippen LogP contribution < -0.4 is 11.5 Å². The van der Waals surface area contributed by atoms with Crippen LogP contribution in [0.15, 0.2) is 41.4 Å². The zero-order chi connectivity index (χ0) is 19.8. The molecule has 27 heavy (non-hydrogen) atoms. The van der Waals surface area contributed by atoms with Gasteiger partial charge in [-0.3, -0.25) is 4.90 Å². The average molecular weight is 374 g/mol. The number of rotatable bonds is 3. The number of piperidine rings is 1. The number of guanidine groups is 1. The quantitative estimate of drug-likeness (QED) is 0.626. The van der Waals surface area contributed by atoms with E-state index in [1.807, 2.05) is 6.07 Å². The van der Waals surface area contributed by atoms with Gasteiger partial charge >= 0.3 is 0 Å². The first-order valence-electron chi connectivity index (χ1n) is 9.18. The Morgan fingerprint density at radius 3 is 2.15 bits per heavy atom. The van der Waals surface area contributed by atoms with Gasteiger partial charge in [0.1, 0.15) is 11.6 Å². The molecule has 1 fully saturated rings. The summed E-state index contributed by atoms with van der Waals surface area (Å²) >= 11 is 0. The number of nitrogens with two attached hydrogens (primary N) is 2. The van der Waals surface area contributed by atoms with Gasteiger partial charge in [0.2, 0.25) is 0 Å². The van der Waals surface area contributed by atoms with Crippen molar-refractivity contribution in [2.24, 2.45) is 16.5 Å². The minimum Gasteiger partial charge on any atom is -0.370 e. The highest BCUT2D eigenvalue weighted by molar-refractivity contribution is 5.79. The summed E-state index contributed by atoms with van der Waals surface area (Å²) in [5.74, 6) is -0.531. The van der Waals surface area contributed by atoms with E-state index in [1.165, 1.54) is 43.0 Å². The van der Waals surface area contributed by atoms with Crippen molar-refractivity contribution in [2.45, 2.75) is 39.7 Å². The molecule has 0 aromatic heterocycles. The Bertz CT molecular complexity index is 780. The third kappa shape index (κ3) is 6.98. The molecule has 1 aliphatic rings. The Kier molecular flexibility index (Phi) is 7.73. The first-order valence-corrected chi connectivity index (χ1v) is 9.18. The van der Waals surface area contributed by atoms with Crippen LogP contribution in [0.5, 0.6) is 0 Å². The lowest BCUT2D eigenvalue weighted by molar-refractivity contribution is 0.220. The van der Waals surface area contributed by atoms with Gasteiger partial charge in [-0.2, -0.15) is 0 Å². The van der Waals surface area contributed by atoms with E-state index in [4.69, 9.17) is 11.5 Å². The van der Waals surface area contributed by atoms with Gasteiger partial charge in [-0.15, -0.1) is 0 Å². The van der Waals surface area contributed by atoms with Gasteiger partial charge in [-0.25, -0.2) is 13.8 Å². The second-order valence-electron chi connectivity index (χ2n) is 6.88. The van der Waals surface area contributed by atoms with Crippen LogP contribution in [-0.2, 0) is 6.54 Å². The van der Waals surface area contributed by atoms with E-state index in [9.17, 15) is 8.78 Å². The highest BCUT2D eigenvalue weighted by Gasteiger charge is 2.11. The summed E-state index contributed by atoms with van der Waals surface area (Å²) in [6.45, 7) is 7.09. The molecule has 0 bridgehead atoms. The topological polar surface area (TPSA) is 67.6 Å². The number of likely N-dealkylation sites (tertiary alicyclic amines) is 1. The number of hydrogen-bond acceptors (Lipinski definition) is 2. The lowest BCUT2D eigenvalue weighted by atomic mass is 10.1. The molecule has 1 saturated heterocycles. The van der Waals surface area contributed by atoms with Crippen molar-refractivity contribution < 1.29 is 8.78 Å². The first kappa shape index (κ1) is 20.8. The maximum atomic E-state index is 13.1. The molecule has 0 unspecified atom stereocenters. The largest absolute Gasteiger partial charge is 0.370 e. The lowest BCUT2D eigenvalue weighted by Gasteiger charge is -2.27. The maximum Gasteiger partial charge on any atom is 0.191 e. The van der Waals surface area contributed by atoms with Gasteiger partial charge < -0.3 is 11.5 Å². The molecular weight excluding hydrogens is 346 g/mol. The molecule has 4 nitrogen and oxygen atoms in total. The zero-order valence-electron chi connectivity index (χ0n) is 16.0. The fraction of sp³-hybridized carbons (Fsp3) is 0.381. The van der Waals surface area contributed by atoms with Crippen LogP contribution in [-0.4, -0.2) is 23.9 Å². The summed E-state index contributed by atoms with van der Waals surface area (Å²) in [5.41, 5.74) is 13.9. The van der Waals surface area contributed by atoms with Crippen LogP contribution in [0, 0.1) is 25.5 Å². The molecule has 0 spiro atoms. The van der Waals surface area contributed by atoms with E-state index in [0.717, 1.165) is 30.8 Å². The first-order chi connectivity index (χ1) is 12.8. The van der Waals surface area contributed by atoms with Crippen LogP contribution in [0.25, 0.3) is 0 Å². The molecule has 0 aliphatic carbocycles. The third-order valence-electron chi connectivity index (χ3n) is 4.57. The summed E-state index contributed by atoms with van der Waals surface area (Å²) in [6.07, 6.45) is 3.92. The van der Waals surface area contributed by atoms with Crippen molar-refractivity contribution >= 4 is 11.6 Å². The Labute approximate surface area is 159 Å². The molecule has 4 N–H and O–H groups in total. The average Bonchev–Trinajstić information content (AvgIpc) is 2.62. The number of aliphatic imine (C=N–C) groups is 1. The summed E-state index contributed by atoms with van der Waals surface area (Å²) in [7, 11) is 0. The summed E-state index contributed by atoms with van der Waals surface area (Å²) in [6, 6.07) is 9.35. The molecule has 146 valence electrons. The van der Waals surface area contributed by atoms with E-state index < -0.39 is 0 Å². The highest BCUT2D eigenvalue weighted by Crippen LogP contribution is 2.19. The van der Waals surface area contributed by atoms with Gasteiger partial charge in [0.05, 0.1) is 5.69 Å².